The monoisotopic (exact) mass is 388 g/mol. The predicted octanol–water partition coefficient (Wildman–Crippen LogP) is 6.53. The highest BCUT2D eigenvalue weighted by Crippen LogP contribution is 2.41. The molecule has 1 aromatic rings. The lowest BCUT2D eigenvalue weighted by molar-refractivity contribution is 0.0961. The molecule has 0 heterocycles. The molecule has 0 saturated heterocycles. The van der Waals surface area contributed by atoms with E-state index in [1.807, 2.05) is 6.92 Å². The molecule has 1 aromatic carbocycles. The van der Waals surface area contributed by atoms with Crippen LogP contribution < -0.4 is 0 Å². The summed E-state index contributed by atoms with van der Waals surface area (Å²) in [6.45, 7) is 2.91. The van der Waals surface area contributed by atoms with Crippen molar-refractivity contribution in [2.24, 2.45) is 23.7 Å². The standard InChI is InChI=1S/C25H34F2O/c1-3-4-20-15-24(26)23(25(27)16-20)14-9-18-5-10-21(11-6-18)22-12-7-19(8-13-22)17-28-2/h15-16,18-19,21-22H,3-8,10-13,17H2,1-2H3/t18?,19-,21?,22-. The zero-order chi connectivity index (χ0) is 19.9. The van der Waals surface area contributed by atoms with Crippen LogP contribution in [-0.2, 0) is 11.2 Å². The van der Waals surface area contributed by atoms with Crippen molar-refractivity contribution in [2.75, 3.05) is 13.7 Å². The van der Waals surface area contributed by atoms with E-state index in [0.29, 0.717) is 12.0 Å². The maximum absolute atomic E-state index is 14.2. The van der Waals surface area contributed by atoms with Gasteiger partial charge in [0.1, 0.15) is 11.6 Å². The van der Waals surface area contributed by atoms with Gasteiger partial charge in [0.25, 0.3) is 0 Å². The second-order valence-electron chi connectivity index (χ2n) is 8.80. The second-order valence-corrected chi connectivity index (χ2v) is 8.80. The van der Waals surface area contributed by atoms with Crippen LogP contribution in [0.3, 0.4) is 0 Å². The highest BCUT2D eigenvalue weighted by atomic mass is 19.1. The predicted molar refractivity (Wildman–Crippen MR) is 110 cm³/mol. The summed E-state index contributed by atoms with van der Waals surface area (Å²) >= 11 is 0. The van der Waals surface area contributed by atoms with E-state index < -0.39 is 11.6 Å². The number of hydrogen-bond donors (Lipinski definition) is 0. The Morgan fingerprint density at radius 3 is 2.04 bits per heavy atom. The molecule has 0 aromatic heterocycles. The summed E-state index contributed by atoms with van der Waals surface area (Å²) in [5, 5.41) is 0. The average molecular weight is 389 g/mol. The van der Waals surface area contributed by atoms with E-state index in [1.54, 1.807) is 7.11 Å². The van der Waals surface area contributed by atoms with Crippen LogP contribution in [0, 0.1) is 47.1 Å². The summed E-state index contributed by atoms with van der Waals surface area (Å²) in [6, 6.07) is 2.88. The minimum atomic E-state index is -0.516. The lowest BCUT2D eigenvalue weighted by Crippen LogP contribution is -2.26. The molecule has 2 fully saturated rings. The van der Waals surface area contributed by atoms with E-state index in [0.717, 1.165) is 43.6 Å². The van der Waals surface area contributed by atoms with E-state index in [1.165, 1.54) is 50.7 Å². The molecule has 0 aliphatic heterocycles. The van der Waals surface area contributed by atoms with Gasteiger partial charge in [0, 0.05) is 19.6 Å². The lowest BCUT2D eigenvalue weighted by atomic mass is 9.69. The summed E-state index contributed by atoms with van der Waals surface area (Å²) < 4.78 is 33.8. The molecule has 2 aliphatic carbocycles. The van der Waals surface area contributed by atoms with Crippen molar-refractivity contribution in [1.29, 1.82) is 0 Å². The van der Waals surface area contributed by atoms with Crippen LogP contribution in [0.1, 0.15) is 75.8 Å². The van der Waals surface area contributed by atoms with Gasteiger partial charge >= 0.3 is 0 Å². The van der Waals surface area contributed by atoms with E-state index in [4.69, 9.17) is 4.74 Å². The molecule has 2 saturated carbocycles. The third kappa shape index (κ3) is 5.57. The zero-order valence-electron chi connectivity index (χ0n) is 17.4. The molecule has 0 amide bonds. The molecule has 0 radical (unpaired) electrons. The molecule has 0 N–H and O–H groups in total. The molecule has 28 heavy (non-hydrogen) atoms. The Hall–Kier alpha value is -1.40. The Labute approximate surface area is 169 Å². The van der Waals surface area contributed by atoms with Crippen molar-refractivity contribution in [1.82, 2.24) is 0 Å². The third-order valence-corrected chi connectivity index (χ3v) is 6.77. The van der Waals surface area contributed by atoms with Crippen LogP contribution in [0.25, 0.3) is 0 Å². The number of ether oxygens (including phenoxy) is 1. The van der Waals surface area contributed by atoms with Gasteiger partial charge in [-0.05, 0) is 93.2 Å². The van der Waals surface area contributed by atoms with Crippen LogP contribution in [0.5, 0.6) is 0 Å². The van der Waals surface area contributed by atoms with Gasteiger partial charge in [-0.3, -0.25) is 0 Å². The van der Waals surface area contributed by atoms with E-state index >= 15 is 0 Å². The SMILES string of the molecule is CCCc1cc(F)c(C#CC2CCC([C@H]3CC[C@H](COC)CC3)CC2)c(F)c1. The molecular formula is C25H34F2O. The van der Waals surface area contributed by atoms with Crippen LogP contribution in [0.4, 0.5) is 8.78 Å². The first-order valence-corrected chi connectivity index (χ1v) is 11.1. The van der Waals surface area contributed by atoms with E-state index in [2.05, 4.69) is 11.8 Å². The van der Waals surface area contributed by atoms with Gasteiger partial charge in [-0.1, -0.05) is 25.2 Å². The van der Waals surface area contributed by atoms with Gasteiger partial charge in [0.15, 0.2) is 0 Å². The van der Waals surface area contributed by atoms with Crippen molar-refractivity contribution in [3.63, 3.8) is 0 Å². The van der Waals surface area contributed by atoms with Crippen molar-refractivity contribution >= 4 is 0 Å². The maximum atomic E-state index is 14.2. The highest BCUT2D eigenvalue weighted by Gasteiger charge is 2.30. The fourth-order valence-electron chi connectivity index (χ4n) is 5.15. The van der Waals surface area contributed by atoms with Gasteiger partial charge in [-0.15, -0.1) is 0 Å². The molecule has 0 atom stereocenters. The summed E-state index contributed by atoms with van der Waals surface area (Å²) in [4.78, 5) is 0. The fourth-order valence-corrected chi connectivity index (χ4v) is 5.15. The Morgan fingerprint density at radius 1 is 0.929 bits per heavy atom. The van der Waals surface area contributed by atoms with E-state index in [9.17, 15) is 8.78 Å². The molecular weight excluding hydrogens is 354 g/mol. The number of hydrogen-bond acceptors (Lipinski definition) is 1. The number of methoxy groups -OCH3 is 1. The second kappa shape index (κ2) is 10.4. The van der Waals surface area contributed by atoms with Gasteiger partial charge in [0.05, 0.1) is 5.56 Å². The molecule has 3 rings (SSSR count). The fraction of sp³-hybridized carbons (Fsp3) is 0.680. The van der Waals surface area contributed by atoms with Crippen molar-refractivity contribution in [3.05, 3.63) is 34.9 Å². The maximum Gasteiger partial charge on any atom is 0.142 e. The van der Waals surface area contributed by atoms with Gasteiger partial charge < -0.3 is 4.74 Å². The average Bonchev–Trinajstić information content (AvgIpc) is 2.69. The van der Waals surface area contributed by atoms with Crippen molar-refractivity contribution < 1.29 is 13.5 Å². The third-order valence-electron chi connectivity index (χ3n) is 6.77. The number of rotatable bonds is 5. The first kappa shape index (κ1) is 21.3. The first-order chi connectivity index (χ1) is 13.6. The summed E-state index contributed by atoms with van der Waals surface area (Å²) in [7, 11) is 1.80. The Morgan fingerprint density at radius 2 is 1.50 bits per heavy atom. The quantitative estimate of drug-likeness (QED) is 0.521. The normalized spacial score (nSPS) is 27.9. The first-order valence-electron chi connectivity index (χ1n) is 11.1. The van der Waals surface area contributed by atoms with Crippen LogP contribution in [0.15, 0.2) is 12.1 Å². The summed E-state index contributed by atoms with van der Waals surface area (Å²) in [5.74, 6) is 7.64. The molecule has 1 nitrogen and oxygen atoms in total. The number of benzene rings is 1. The molecule has 0 spiro atoms. The molecule has 154 valence electrons. The molecule has 3 heteroatoms. The van der Waals surface area contributed by atoms with Crippen LogP contribution in [-0.4, -0.2) is 13.7 Å². The van der Waals surface area contributed by atoms with Crippen LogP contribution in [0.2, 0.25) is 0 Å². The van der Waals surface area contributed by atoms with Crippen molar-refractivity contribution in [3.8, 4) is 11.8 Å². The molecule has 2 aliphatic rings. The molecule has 0 unspecified atom stereocenters. The topological polar surface area (TPSA) is 9.23 Å². The summed E-state index contributed by atoms with van der Waals surface area (Å²) in [5.41, 5.74) is 0.655. The number of aryl methyl sites for hydroxylation is 1. The molecule has 0 bridgehead atoms. The van der Waals surface area contributed by atoms with Crippen molar-refractivity contribution in [2.45, 2.75) is 71.1 Å². The summed E-state index contributed by atoms with van der Waals surface area (Å²) in [6.07, 6.45) is 11.4. The lowest BCUT2D eigenvalue weighted by Gasteiger charge is -2.36. The minimum Gasteiger partial charge on any atom is -0.384 e. The van der Waals surface area contributed by atoms with Crippen LogP contribution >= 0.6 is 0 Å². The Kier molecular flexibility index (Phi) is 7.91. The van der Waals surface area contributed by atoms with E-state index in [-0.39, 0.29) is 11.5 Å². The van der Waals surface area contributed by atoms with Gasteiger partial charge in [0.2, 0.25) is 0 Å². The zero-order valence-corrected chi connectivity index (χ0v) is 17.4. The van der Waals surface area contributed by atoms with Gasteiger partial charge in [-0.2, -0.15) is 0 Å². The smallest absolute Gasteiger partial charge is 0.142 e. The largest absolute Gasteiger partial charge is 0.384 e. The van der Waals surface area contributed by atoms with Gasteiger partial charge in [-0.25, -0.2) is 8.78 Å². The minimum absolute atomic E-state index is 0.0570. The number of halogens is 2. The highest BCUT2D eigenvalue weighted by molar-refractivity contribution is 5.39. The Balaban J connectivity index is 1.52. The Bertz CT molecular complexity index is 663.